The summed E-state index contributed by atoms with van der Waals surface area (Å²) in [5, 5.41) is 3.05. The fourth-order valence-electron chi connectivity index (χ4n) is 4.45. The van der Waals surface area contributed by atoms with E-state index < -0.39 is 5.54 Å². The Morgan fingerprint density at radius 3 is 2.42 bits per heavy atom. The maximum atomic E-state index is 13.2. The highest BCUT2D eigenvalue weighted by Crippen LogP contribution is 2.30. The van der Waals surface area contributed by atoms with Gasteiger partial charge in [0.1, 0.15) is 12.4 Å². The number of amides is 3. The van der Waals surface area contributed by atoms with Crippen LogP contribution in [-0.2, 0) is 20.8 Å². The number of carbonyl (C=O) groups is 3. The first kappa shape index (κ1) is 21.0. The Kier molecular flexibility index (Phi) is 6.02. The lowest BCUT2D eigenvalue weighted by atomic mass is 9.85. The molecule has 0 aromatic heterocycles. The van der Waals surface area contributed by atoms with Gasteiger partial charge in [-0.3, -0.25) is 14.4 Å². The van der Waals surface area contributed by atoms with Gasteiger partial charge in [-0.15, -0.1) is 0 Å². The summed E-state index contributed by atoms with van der Waals surface area (Å²) in [6, 6.07) is 15.7. The molecular formula is C24H26FN3O3. The second kappa shape index (κ2) is 8.88. The minimum Gasteiger partial charge on any atom is -0.350 e. The summed E-state index contributed by atoms with van der Waals surface area (Å²) in [5.74, 6) is -0.509. The van der Waals surface area contributed by atoms with Gasteiger partial charge < -0.3 is 15.1 Å². The van der Waals surface area contributed by atoms with E-state index in [1.54, 1.807) is 21.9 Å². The van der Waals surface area contributed by atoms with Crippen molar-refractivity contribution in [2.75, 3.05) is 24.5 Å². The normalized spacial score (nSPS) is 21.3. The van der Waals surface area contributed by atoms with Crippen molar-refractivity contribution < 1.29 is 18.8 Å². The van der Waals surface area contributed by atoms with Gasteiger partial charge in [-0.1, -0.05) is 30.3 Å². The predicted octanol–water partition coefficient (Wildman–Crippen LogP) is 2.67. The molecular weight excluding hydrogens is 397 g/mol. The molecule has 2 aliphatic rings. The highest BCUT2D eigenvalue weighted by Gasteiger charge is 2.38. The summed E-state index contributed by atoms with van der Waals surface area (Å²) in [6.45, 7) is 1.01. The number of hydrogen-bond acceptors (Lipinski definition) is 3. The zero-order valence-electron chi connectivity index (χ0n) is 17.4. The van der Waals surface area contributed by atoms with Gasteiger partial charge in [-0.2, -0.15) is 0 Å². The van der Waals surface area contributed by atoms with Gasteiger partial charge in [0.05, 0.1) is 0 Å². The van der Waals surface area contributed by atoms with E-state index in [2.05, 4.69) is 5.32 Å². The molecule has 7 heteroatoms. The monoisotopic (exact) mass is 423 g/mol. The summed E-state index contributed by atoms with van der Waals surface area (Å²) in [4.78, 5) is 40.7. The number of hydrogen-bond donors (Lipinski definition) is 1. The van der Waals surface area contributed by atoms with E-state index in [1.807, 2.05) is 30.3 Å². The third-order valence-electron chi connectivity index (χ3n) is 6.15. The van der Waals surface area contributed by atoms with Crippen LogP contribution >= 0.6 is 0 Å². The van der Waals surface area contributed by atoms with Gasteiger partial charge in [-0.25, -0.2) is 4.39 Å². The molecule has 0 aliphatic carbocycles. The summed E-state index contributed by atoms with van der Waals surface area (Å²) in [5.41, 5.74) is 1.25. The molecule has 2 fully saturated rings. The number of halogens is 1. The standard InChI is InChI=1S/C24H26FN3O3/c25-19-8-6-18(7-9-19)16-24(12-10-21(29)26-24)13-11-22(30)27-14-15-28(23(31)17-27)20-4-2-1-3-5-20/h1-9H,10-17H2,(H,26,29). The van der Waals surface area contributed by atoms with Gasteiger partial charge in [0.15, 0.2) is 0 Å². The number of piperazine rings is 1. The molecule has 3 amide bonds. The van der Waals surface area contributed by atoms with Gasteiger partial charge in [0.25, 0.3) is 0 Å². The highest BCUT2D eigenvalue weighted by molar-refractivity contribution is 5.97. The van der Waals surface area contributed by atoms with Gasteiger partial charge >= 0.3 is 0 Å². The Labute approximate surface area is 181 Å². The molecule has 2 saturated heterocycles. The summed E-state index contributed by atoms with van der Waals surface area (Å²) in [6.07, 6.45) is 2.34. The lowest BCUT2D eigenvalue weighted by molar-refractivity contribution is -0.137. The Bertz CT molecular complexity index is 964. The third-order valence-corrected chi connectivity index (χ3v) is 6.15. The van der Waals surface area contributed by atoms with Crippen LogP contribution in [0, 0.1) is 5.82 Å². The maximum Gasteiger partial charge on any atom is 0.246 e. The Balaban J connectivity index is 1.36. The van der Waals surface area contributed by atoms with Crippen molar-refractivity contribution in [3.8, 4) is 0 Å². The molecule has 162 valence electrons. The quantitative estimate of drug-likeness (QED) is 0.777. The minimum atomic E-state index is -0.513. The minimum absolute atomic E-state index is 0.0267. The molecule has 1 atom stereocenters. The summed E-state index contributed by atoms with van der Waals surface area (Å²) < 4.78 is 13.2. The number of para-hydroxylation sites is 1. The molecule has 6 nitrogen and oxygen atoms in total. The number of anilines is 1. The molecule has 2 heterocycles. The van der Waals surface area contributed by atoms with E-state index >= 15 is 0 Å². The Morgan fingerprint density at radius 1 is 1.03 bits per heavy atom. The van der Waals surface area contributed by atoms with Crippen LogP contribution < -0.4 is 10.2 Å². The second-order valence-electron chi connectivity index (χ2n) is 8.33. The molecule has 31 heavy (non-hydrogen) atoms. The van der Waals surface area contributed by atoms with Gasteiger partial charge in [0.2, 0.25) is 17.7 Å². The third kappa shape index (κ3) is 4.93. The average Bonchev–Trinajstić information content (AvgIpc) is 3.15. The smallest absolute Gasteiger partial charge is 0.246 e. The molecule has 0 spiro atoms. The average molecular weight is 423 g/mol. The lowest BCUT2D eigenvalue weighted by Gasteiger charge is -2.35. The van der Waals surface area contributed by atoms with Crippen molar-refractivity contribution in [1.29, 1.82) is 0 Å². The molecule has 1 N–H and O–H groups in total. The number of rotatable bonds is 6. The van der Waals surface area contributed by atoms with Crippen molar-refractivity contribution >= 4 is 23.4 Å². The topological polar surface area (TPSA) is 69.7 Å². The first-order valence-corrected chi connectivity index (χ1v) is 10.6. The van der Waals surface area contributed by atoms with Crippen molar-refractivity contribution in [1.82, 2.24) is 10.2 Å². The number of nitrogens with one attached hydrogen (secondary N) is 1. The second-order valence-corrected chi connectivity index (χ2v) is 8.33. The van der Waals surface area contributed by atoms with Crippen LogP contribution in [0.25, 0.3) is 0 Å². The van der Waals surface area contributed by atoms with Crippen molar-refractivity contribution in [3.63, 3.8) is 0 Å². The first-order valence-electron chi connectivity index (χ1n) is 10.6. The van der Waals surface area contributed by atoms with E-state index in [4.69, 9.17) is 0 Å². The van der Waals surface area contributed by atoms with Crippen molar-refractivity contribution in [2.24, 2.45) is 0 Å². The largest absolute Gasteiger partial charge is 0.350 e. The molecule has 4 rings (SSSR count). The number of carbonyl (C=O) groups excluding carboxylic acids is 3. The van der Waals surface area contributed by atoms with E-state index in [1.165, 1.54) is 12.1 Å². The maximum absolute atomic E-state index is 13.2. The van der Waals surface area contributed by atoms with Crippen LogP contribution in [0.15, 0.2) is 54.6 Å². The van der Waals surface area contributed by atoms with E-state index in [0.29, 0.717) is 38.8 Å². The lowest BCUT2D eigenvalue weighted by Crippen LogP contribution is -2.53. The molecule has 0 bridgehead atoms. The number of nitrogens with zero attached hydrogens (tertiary/aromatic N) is 2. The summed E-state index contributed by atoms with van der Waals surface area (Å²) in [7, 11) is 0. The van der Waals surface area contributed by atoms with E-state index in [-0.39, 0.29) is 36.5 Å². The van der Waals surface area contributed by atoms with Crippen molar-refractivity contribution in [2.45, 2.75) is 37.6 Å². The van der Waals surface area contributed by atoms with Crippen LogP contribution in [0.4, 0.5) is 10.1 Å². The van der Waals surface area contributed by atoms with Crippen LogP contribution in [-0.4, -0.2) is 47.8 Å². The van der Waals surface area contributed by atoms with Gasteiger partial charge in [0, 0.05) is 37.2 Å². The van der Waals surface area contributed by atoms with Crippen LogP contribution in [0.3, 0.4) is 0 Å². The van der Waals surface area contributed by atoms with Crippen molar-refractivity contribution in [3.05, 3.63) is 66.0 Å². The molecule has 2 aromatic rings. The van der Waals surface area contributed by atoms with E-state index in [9.17, 15) is 18.8 Å². The first-order chi connectivity index (χ1) is 14.9. The predicted molar refractivity (Wildman–Crippen MR) is 115 cm³/mol. The van der Waals surface area contributed by atoms with Crippen LogP contribution in [0.1, 0.15) is 31.2 Å². The van der Waals surface area contributed by atoms with Gasteiger partial charge in [-0.05, 0) is 49.1 Å². The SMILES string of the molecule is O=C1CCC(CCC(=O)N2CCN(c3ccccc3)C(=O)C2)(Cc2ccc(F)cc2)N1. The zero-order chi connectivity index (χ0) is 21.8. The Hall–Kier alpha value is -3.22. The zero-order valence-corrected chi connectivity index (χ0v) is 17.4. The summed E-state index contributed by atoms with van der Waals surface area (Å²) >= 11 is 0. The fraction of sp³-hybridized carbons (Fsp3) is 0.375. The highest BCUT2D eigenvalue weighted by atomic mass is 19.1. The van der Waals surface area contributed by atoms with Crippen LogP contribution in [0.2, 0.25) is 0 Å². The molecule has 0 radical (unpaired) electrons. The molecule has 2 aromatic carbocycles. The molecule has 0 saturated carbocycles. The molecule has 2 aliphatic heterocycles. The number of benzene rings is 2. The van der Waals surface area contributed by atoms with Crippen LogP contribution in [0.5, 0.6) is 0 Å². The Morgan fingerprint density at radius 2 is 1.77 bits per heavy atom. The molecule has 1 unspecified atom stereocenters. The fourth-order valence-corrected chi connectivity index (χ4v) is 4.45. The van der Waals surface area contributed by atoms with E-state index in [0.717, 1.165) is 11.3 Å².